The smallest absolute Gasteiger partial charge is 0.320 e. The van der Waals surface area contributed by atoms with Crippen molar-refractivity contribution in [2.45, 2.75) is 25.4 Å². The second-order valence-corrected chi connectivity index (χ2v) is 5.34. The van der Waals surface area contributed by atoms with Gasteiger partial charge in [-0.2, -0.15) is 0 Å². The number of hydrogen-bond donors (Lipinski definition) is 2. The largest absolute Gasteiger partial charge is 0.491 e. The number of carboxylic acid groups (broad SMARTS) is 1. The second-order valence-electron chi connectivity index (χ2n) is 4.90. The molecule has 1 atom stereocenters. The molecule has 0 saturated heterocycles. The van der Waals surface area contributed by atoms with Crippen LogP contribution in [0.25, 0.3) is 0 Å². The summed E-state index contributed by atoms with van der Waals surface area (Å²) in [7, 11) is 0. The molecule has 0 fully saturated rings. The SMILES string of the molecule is Cl.N[C@@H](CCC(=O)N1CCOc2ccc(Cl)cc2C1)C(=O)O. The average Bonchev–Trinajstić information content (AvgIpc) is 2.65. The molecule has 22 heavy (non-hydrogen) atoms. The van der Waals surface area contributed by atoms with Gasteiger partial charge in [0.05, 0.1) is 6.54 Å². The number of carbonyl (C=O) groups excluding carboxylic acids is 1. The number of carbonyl (C=O) groups is 2. The molecule has 0 saturated carbocycles. The molecular weight excluding hydrogens is 331 g/mol. The van der Waals surface area contributed by atoms with E-state index in [9.17, 15) is 9.59 Å². The van der Waals surface area contributed by atoms with E-state index < -0.39 is 12.0 Å². The zero-order chi connectivity index (χ0) is 15.4. The number of benzene rings is 1. The van der Waals surface area contributed by atoms with Crippen molar-refractivity contribution in [1.82, 2.24) is 4.90 Å². The molecule has 0 unspecified atom stereocenters. The third-order valence-corrected chi connectivity index (χ3v) is 3.58. The fourth-order valence-electron chi connectivity index (χ4n) is 2.14. The summed E-state index contributed by atoms with van der Waals surface area (Å²) in [5, 5.41) is 9.31. The first-order valence-corrected chi connectivity index (χ1v) is 7.02. The normalized spacial score (nSPS) is 14.9. The van der Waals surface area contributed by atoms with Gasteiger partial charge in [0, 0.05) is 23.6 Å². The first-order chi connectivity index (χ1) is 9.97. The second kappa shape index (κ2) is 8.22. The summed E-state index contributed by atoms with van der Waals surface area (Å²) in [6.45, 7) is 1.25. The first kappa shape index (κ1) is 18.5. The van der Waals surface area contributed by atoms with Crippen molar-refractivity contribution in [3.05, 3.63) is 28.8 Å². The van der Waals surface area contributed by atoms with Crippen molar-refractivity contribution in [1.29, 1.82) is 0 Å². The van der Waals surface area contributed by atoms with Gasteiger partial charge in [-0.15, -0.1) is 12.4 Å². The summed E-state index contributed by atoms with van der Waals surface area (Å²) in [4.78, 5) is 24.5. The Morgan fingerprint density at radius 2 is 2.18 bits per heavy atom. The number of nitrogens with zero attached hydrogens (tertiary/aromatic N) is 1. The van der Waals surface area contributed by atoms with Gasteiger partial charge in [0.1, 0.15) is 18.4 Å². The highest BCUT2D eigenvalue weighted by Crippen LogP contribution is 2.26. The van der Waals surface area contributed by atoms with Crippen molar-refractivity contribution >= 4 is 35.9 Å². The van der Waals surface area contributed by atoms with Gasteiger partial charge < -0.3 is 20.5 Å². The van der Waals surface area contributed by atoms with Crippen LogP contribution in [0.5, 0.6) is 5.75 Å². The number of halogens is 2. The summed E-state index contributed by atoms with van der Waals surface area (Å²) in [5.74, 6) is -0.515. The van der Waals surface area contributed by atoms with Gasteiger partial charge in [0.15, 0.2) is 0 Å². The van der Waals surface area contributed by atoms with Crippen LogP contribution >= 0.6 is 24.0 Å². The fourth-order valence-corrected chi connectivity index (χ4v) is 2.33. The van der Waals surface area contributed by atoms with E-state index in [0.29, 0.717) is 24.7 Å². The Balaban J connectivity index is 0.00000242. The lowest BCUT2D eigenvalue weighted by atomic mass is 10.1. The van der Waals surface area contributed by atoms with Crippen LogP contribution in [0.2, 0.25) is 5.02 Å². The first-order valence-electron chi connectivity index (χ1n) is 6.65. The van der Waals surface area contributed by atoms with E-state index in [0.717, 1.165) is 11.3 Å². The minimum absolute atomic E-state index is 0. The Hall–Kier alpha value is -1.50. The van der Waals surface area contributed by atoms with E-state index in [4.69, 9.17) is 27.2 Å². The maximum Gasteiger partial charge on any atom is 0.320 e. The van der Waals surface area contributed by atoms with Crippen LogP contribution in [0, 0.1) is 0 Å². The minimum atomic E-state index is -1.10. The topological polar surface area (TPSA) is 92.9 Å². The molecule has 1 heterocycles. The Morgan fingerprint density at radius 1 is 1.45 bits per heavy atom. The van der Waals surface area contributed by atoms with Crippen molar-refractivity contribution in [3.63, 3.8) is 0 Å². The molecular formula is C14H18Cl2N2O4. The molecule has 1 amide bonds. The molecule has 1 aliphatic heterocycles. The predicted octanol–water partition coefficient (Wildman–Crippen LogP) is 1.67. The molecule has 8 heteroatoms. The Labute approximate surface area is 139 Å². The quantitative estimate of drug-likeness (QED) is 0.863. The molecule has 6 nitrogen and oxygen atoms in total. The van der Waals surface area contributed by atoms with Gasteiger partial charge in [0.25, 0.3) is 0 Å². The number of nitrogens with two attached hydrogens (primary N) is 1. The van der Waals surface area contributed by atoms with Crippen molar-refractivity contribution in [3.8, 4) is 5.75 Å². The summed E-state index contributed by atoms with van der Waals surface area (Å²) >= 11 is 5.95. The fraction of sp³-hybridized carbons (Fsp3) is 0.429. The highest BCUT2D eigenvalue weighted by atomic mass is 35.5. The van der Waals surface area contributed by atoms with E-state index in [-0.39, 0.29) is 31.2 Å². The number of carboxylic acids is 1. The Bertz CT molecular complexity index is 554. The molecule has 1 aromatic carbocycles. The maximum atomic E-state index is 12.2. The van der Waals surface area contributed by atoms with Crippen LogP contribution in [-0.2, 0) is 16.1 Å². The summed E-state index contributed by atoms with van der Waals surface area (Å²) in [6.07, 6.45) is 0.220. The van der Waals surface area contributed by atoms with Gasteiger partial charge in [-0.25, -0.2) is 0 Å². The van der Waals surface area contributed by atoms with Gasteiger partial charge in [-0.05, 0) is 24.6 Å². The van der Waals surface area contributed by atoms with Crippen LogP contribution in [-0.4, -0.2) is 41.1 Å². The van der Waals surface area contributed by atoms with Crippen LogP contribution in [0.1, 0.15) is 18.4 Å². The van der Waals surface area contributed by atoms with Gasteiger partial charge >= 0.3 is 5.97 Å². The van der Waals surface area contributed by atoms with Crippen LogP contribution in [0.3, 0.4) is 0 Å². The average molecular weight is 349 g/mol. The molecule has 0 spiro atoms. The van der Waals surface area contributed by atoms with Gasteiger partial charge in [-0.1, -0.05) is 11.6 Å². The van der Waals surface area contributed by atoms with Crippen LogP contribution in [0.15, 0.2) is 18.2 Å². The maximum absolute atomic E-state index is 12.2. The Morgan fingerprint density at radius 3 is 2.86 bits per heavy atom. The van der Waals surface area contributed by atoms with E-state index in [1.54, 1.807) is 23.1 Å². The molecule has 0 aliphatic carbocycles. The monoisotopic (exact) mass is 348 g/mol. The number of aliphatic carboxylic acids is 1. The molecule has 2 rings (SSSR count). The number of hydrogen-bond acceptors (Lipinski definition) is 4. The number of ether oxygens (including phenoxy) is 1. The lowest BCUT2D eigenvalue weighted by molar-refractivity contribution is -0.139. The van der Waals surface area contributed by atoms with E-state index >= 15 is 0 Å². The molecule has 3 N–H and O–H groups in total. The van der Waals surface area contributed by atoms with Gasteiger partial charge in [0.2, 0.25) is 5.91 Å². The number of fused-ring (bicyclic) bond motifs is 1. The van der Waals surface area contributed by atoms with Crippen molar-refractivity contribution < 1.29 is 19.4 Å². The summed E-state index contributed by atoms with van der Waals surface area (Å²) < 4.78 is 5.58. The molecule has 0 radical (unpaired) electrons. The van der Waals surface area contributed by atoms with Crippen molar-refractivity contribution in [2.24, 2.45) is 5.73 Å². The van der Waals surface area contributed by atoms with Crippen molar-refractivity contribution in [2.75, 3.05) is 13.2 Å². The molecule has 1 aromatic rings. The lowest BCUT2D eigenvalue weighted by Gasteiger charge is -2.20. The third kappa shape index (κ3) is 4.76. The highest BCUT2D eigenvalue weighted by molar-refractivity contribution is 6.30. The van der Waals surface area contributed by atoms with Crippen LogP contribution in [0.4, 0.5) is 0 Å². The standard InChI is InChI=1S/C14H17ClN2O4.ClH/c15-10-1-3-12-9(7-10)8-17(5-6-21-12)13(18)4-2-11(16)14(19)20;/h1,3,7,11H,2,4-6,8,16H2,(H,19,20);1H/t11-;/m0./s1. The molecule has 0 bridgehead atoms. The lowest BCUT2D eigenvalue weighted by Crippen LogP contribution is -2.35. The number of amides is 1. The van der Waals surface area contributed by atoms with Crippen LogP contribution < -0.4 is 10.5 Å². The molecule has 122 valence electrons. The van der Waals surface area contributed by atoms with E-state index in [1.165, 1.54) is 0 Å². The minimum Gasteiger partial charge on any atom is -0.491 e. The zero-order valence-electron chi connectivity index (χ0n) is 11.8. The van der Waals surface area contributed by atoms with Gasteiger partial charge in [-0.3, -0.25) is 9.59 Å². The molecule has 1 aliphatic rings. The summed E-state index contributed by atoms with van der Waals surface area (Å²) in [5.41, 5.74) is 6.25. The third-order valence-electron chi connectivity index (χ3n) is 3.34. The van der Waals surface area contributed by atoms with E-state index in [2.05, 4.69) is 0 Å². The number of rotatable bonds is 4. The molecule has 0 aromatic heterocycles. The Kier molecular flexibility index (Phi) is 6.93. The zero-order valence-corrected chi connectivity index (χ0v) is 13.4. The predicted molar refractivity (Wildman–Crippen MR) is 84.5 cm³/mol. The van der Waals surface area contributed by atoms with E-state index in [1.807, 2.05) is 0 Å². The highest BCUT2D eigenvalue weighted by Gasteiger charge is 2.21. The summed E-state index contributed by atoms with van der Waals surface area (Å²) in [6, 6.07) is 4.28.